The average molecular weight is 635 g/mol. The van der Waals surface area contributed by atoms with Crippen LogP contribution in [0.15, 0.2) is 48.5 Å². The van der Waals surface area contributed by atoms with Crippen molar-refractivity contribution in [3.8, 4) is 45.3 Å². The molecule has 0 radical (unpaired) electrons. The van der Waals surface area contributed by atoms with E-state index >= 15 is 0 Å². The topological polar surface area (TPSA) is 168 Å². The van der Waals surface area contributed by atoms with Gasteiger partial charge in [0, 0.05) is 33.4 Å². The molecule has 44 heavy (non-hydrogen) atoms. The number of phenols is 2. The molecule has 0 saturated heterocycles. The molecular formula is C32H26O10S2. The Hall–Kier alpha value is -4.94. The predicted octanol–water partition coefficient (Wildman–Crippen LogP) is 6.97. The number of carbonyl (C=O) groups is 4. The maximum Gasteiger partial charge on any atom is 0.303 e. The van der Waals surface area contributed by atoms with Gasteiger partial charge in [0.15, 0.2) is 23.1 Å². The largest absolute Gasteiger partial charge is 0.504 e. The third-order valence-electron chi connectivity index (χ3n) is 7.05. The van der Waals surface area contributed by atoms with E-state index in [2.05, 4.69) is 0 Å². The number of hydrogen-bond acceptors (Lipinski definition) is 10. The lowest BCUT2D eigenvalue weighted by Crippen LogP contribution is -2.01. The molecule has 5 aromatic rings. The van der Waals surface area contributed by atoms with Crippen molar-refractivity contribution < 1.29 is 49.1 Å². The molecule has 0 atom stereocenters. The molecule has 2 aromatic heterocycles. The van der Waals surface area contributed by atoms with Crippen LogP contribution in [0.1, 0.15) is 45.0 Å². The van der Waals surface area contributed by atoms with Crippen molar-refractivity contribution in [3.05, 3.63) is 58.3 Å². The Kier molecular flexibility index (Phi) is 8.56. The number of phenolic OH excluding ortho intramolecular Hbond substituents is 2. The molecule has 10 nitrogen and oxygen atoms in total. The Morgan fingerprint density at radius 1 is 0.568 bits per heavy atom. The summed E-state index contributed by atoms with van der Waals surface area (Å²) in [6, 6.07) is 13.3. The van der Waals surface area contributed by atoms with Crippen molar-refractivity contribution >= 4 is 66.4 Å². The number of rotatable bonds is 12. The normalized spacial score (nSPS) is 11.1. The fourth-order valence-corrected chi connectivity index (χ4v) is 6.98. The number of Topliss-reactive ketones (excluding diaryl/α,β-unsaturated/α-hetero) is 2. The van der Waals surface area contributed by atoms with Crippen LogP contribution in [0.5, 0.6) is 23.0 Å². The van der Waals surface area contributed by atoms with Crippen molar-refractivity contribution in [1.29, 1.82) is 0 Å². The van der Waals surface area contributed by atoms with Gasteiger partial charge >= 0.3 is 11.9 Å². The van der Waals surface area contributed by atoms with Crippen LogP contribution >= 0.6 is 22.7 Å². The van der Waals surface area contributed by atoms with Crippen molar-refractivity contribution in [3.63, 3.8) is 0 Å². The Morgan fingerprint density at radius 3 is 1.30 bits per heavy atom. The smallest absolute Gasteiger partial charge is 0.303 e. The zero-order valence-corrected chi connectivity index (χ0v) is 25.1. The number of aromatic hydroxyl groups is 2. The van der Waals surface area contributed by atoms with E-state index in [0.717, 1.165) is 20.2 Å². The van der Waals surface area contributed by atoms with E-state index in [1.54, 1.807) is 36.4 Å². The lowest BCUT2D eigenvalue weighted by Gasteiger charge is -2.17. The van der Waals surface area contributed by atoms with Crippen LogP contribution in [-0.2, 0) is 9.59 Å². The second kappa shape index (κ2) is 12.3. The lowest BCUT2D eigenvalue weighted by molar-refractivity contribution is -0.137. The number of thiophene rings is 2. The summed E-state index contributed by atoms with van der Waals surface area (Å²) in [5.41, 5.74) is 2.07. The van der Waals surface area contributed by atoms with Crippen LogP contribution in [0.3, 0.4) is 0 Å². The number of ketones is 2. The van der Waals surface area contributed by atoms with E-state index in [-0.39, 0.29) is 48.7 Å². The molecule has 0 aliphatic carbocycles. The molecule has 0 amide bonds. The van der Waals surface area contributed by atoms with Gasteiger partial charge in [-0.3, -0.25) is 19.2 Å². The fourth-order valence-electron chi connectivity index (χ4n) is 4.88. The minimum Gasteiger partial charge on any atom is -0.504 e. The lowest BCUT2D eigenvalue weighted by atomic mass is 9.92. The highest BCUT2D eigenvalue weighted by molar-refractivity contribution is 7.21. The quantitative estimate of drug-likeness (QED) is 0.0830. The number of hydrogen-bond donors (Lipinski definition) is 4. The van der Waals surface area contributed by atoms with Gasteiger partial charge in [-0.25, -0.2) is 0 Å². The van der Waals surface area contributed by atoms with Crippen molar-refractivity contribution in [2.24, 2.45) is 0 Å². The number of benzene rings is 3. The molecule has 0 fully saturated rings. The Labute approximate surface area is 258 Å². The molecule has 0 aliphatic heterocycles. The van der Waals surface area contributed by atoms with Gasteiger partial charge in [0.05, 0.1) is 36.8 Å². The first kappa shape index (κ1) is 30.5. The highest BCUT2D eigenvalue weighted by Gasteiger charge is 2.22. The molecule has 5 rings (SSSR count). The standard InChI is InChI=1S/C32H26O10S2/c1-41-25-7-15-9-29(21(33)3-5-31(37)38)43-27(15)13-19(25)17-11-23(35)24(36)12-18(17)20-14-28-16(8-26(20)42-2)10-30(44-28)22(34)4-6-32(39)40/h7-14,35-36H,3-6H2,1-2H3,(H,37,38)(H,39,40). The van der Waals surface area contributed by atoms with Crippen LogP contribution in [0.4, 0.5) is 0 Å². The Balaban J connectivity index is 1.65. The monoisotopic (exact) mass is 634 g/mol. The summed E-state index contributed by atoms with van der Waals surface area (Å²) in [6.45, 7) is 0. The first-order valence-electron chi connectivity index (χ1n) is 13.3. The molecule has 0 spiro atoms. The summed E-state index contributed by atoms with van der Waals surface area (Å²) in [7, 11) is 2.97. The van der Waals surface area contributed by atoms with Gasteiger partial charge in [-0.05, 0) is 70.4 Å². The molecular weight excluding hydrogens is 608 g/mol. The molecule has 0 aliphatic rings. The van der Waals surface area contributed by atoms with Crippen LogP contribution in [0, 0.1) is 0 Å². The molecule has 0 unspecified atom stereocenters. The van der Waals surface area contributed by atoms with Gasteiger partial charge in [0.2, 0.25) is 0 Å². The summed E-state index contributed by atoms with van der Waals surface area (Å²) >= 11 is 2.43. The van der Waals surface area contributed by atoms with Crippen LogP contribution in [0.2, 0.25) is 0 Å². The average Bonchev–Trinajstić information content (AvgIpc) is 3.62. The SMILES string of the molecule is COc1cc2cc(C(=O)CCC(=O)O)sc2cc1-c1cc(O)c(O)cc1-c1cc2sc(C(=O)CCC(=O)O)cc2cc1OC. The molecule has 4 N–H and O–H groups in total. The summed E-state index contributed by atoms with van der Waals surface area (Å²) in [5.74, 6) is -2.57. The van der Waals surface area contributed by atoms with Gasteiger partial charge in [-0.1, -0.05) is 0 Å². The van der Waals surface area contributed by atoms with Gasteiger partial charge in [-0.15, -0.1) is 22.7 Å². The number of carboxylic acid groups (broad SMARTS) is 2. The van der Waals surface area contributed by atoms with E-state index in [1.807, 2.05) is 0 Å². The van der Waals surface area contributed by atoms with E-state index in [0.29, 0.717) is 43.5 Å². The van der Waals surface area contributed by atoms with Crippen LogP contribution in [-0.4, -0.2) is 58.2 Å². The van der Waals surface area contributed by atoms with Crippen molar-refractivity contribution in [1.82, 2.24) is 0 Å². The molecule has 226 valence electrons. The first-order valence-corrected chi connectivity index (χ1v) is 14.9. The number of fused-ring (bicyclic) bond motifs is 2. The Bertz CT molecular complexity index is 1830. The molecule has 0 bridgehead atoms. The van der Waals surface area contributed by atoms with Gasteiger partial charge in [-0.2, -0.15) is 0 Å². The molecule has 2 heterocycles. The third-order valence-corrected chi connectivity index (χ3v) is 9.33. The van der Waals surface area contributed by atoms with E-state index in [1.165, 1.54) is 49.0 Å². The molecule has 3 aromatic carbocycles. The predicted molar refractivity (Wildman–Crippen MR) is 167 cm³/mol. The third kappa shape index (κ3) is 6.08. The van der Waals surface area contributed by atoms with E-state index < -0.39 is 11.9 Å². The molecule has 0 saturated carbocycles. The summed E-state index contributed by atoms with van der Waals surface area (Å²) in [6.07, 6.45) is -0.793. The minimum absolute atomic E-state index is 0.125. The summed E-state index contributed by atoms with van der Waals surface area (Å²) in [5, 5.41) is 40.5. The molecule has 12 heteroatoms. The van der Waals surface area contributed by atoms with Crippen LogP contribution < -0.4 is 9.47 Å². The van der Waals surface area contributed by atoms with Crippen LogP contribution in [0.25, 0.3) is 42.4 Å². The van der Waals surface area contributed by atoms with Gasteiger partial charge in [0.1, 0.15) is 11.5 Å². The van der Waals surface area contributed by atoms with Crippen molar-refractivity contribution in [2.75, 3.05) is 14.2 Å². The van der Waals surface area contributed by atoms with Gasteiger partial charge < -0.3 is 29.9 Å². The van der Waals surface area contributed by atoms with E-state index in [9.17, 15) is 29.4 Å². The maximum absolute atomic E-state index is 12.6. The Morgan fingerprint density at radius 2 is 0.955 bits per heavy atom. The van der Waals surface area contributed by atoms with E-state index in [4.69, 9.17) is 19.7 Å². The second-order valence-corrected chi connectivity index (χ2v) is 12.1. The zero-order valence-electron chi connectivity index (χ0n) is 23.5. The van der Waals surface area contributed by atoms with Gasteiger partial charge in [0.25, 0.3) is 0 Å². The maximum atomic E-state index is 12.6. The second-order valence-electron chi connectivity index (χ2n) is 9.92. The summed E-state index contributed by atoms with van der Waals surface area (Å²) in [4.78, 5) is 48.0. The highest BCUT2D eigenvalue weighted by atomic mass is 32.1. The number of aliphatic carboxylic acids is 2. The first-order chi connectivity index (χ1) is 21.0. The minimum atomic E-state index is -1.06. The fraction of sp³-hybridized carbons (Fsp3) is 0.188. The number of carboxylic acids is 2. The van der Waals surface area contributed by atoms with Crippen molar-refractivity contribution in [2.45, 2.75) is 25.7 Å². The number of carbonyl (C=O) groups excluding carboxylic acids is 2. The number of ether oxygens (including phenoxy) is 2. The number of methoxy groups -OCH3 is 2. The zero-order chi connectivity index (χ0) is 31.7. The highest BCUT2D eigenvalue weighted by Crippen LogP contribution is 2.48. The summed E-state index contributed by atoms with van der Waals surface area (Å²) < 4.78 is 12.9.